The molecule has 1 atom stereocenters. The second-order valence-corrected chi connectivity index (χ2v) is 4.77. The zero-order chi connectivity index (χ0) is 13.0. The number of rotatable bonds is 0. The summed E-state index contributed by atoms with van der Waals surface area (Å²) in [7, 11) is 0. The van der Waals surface area contributed by atoms with E-state index in [9.17, 15) is 0 Å². The summed E-state index contributed by atoms with van der Waals surface area (Å²) in [4.78, 5) is 9.10. The zero-order valence-corrected chi connectivity index (χ0v) is 10.8. The van der Waals surface area contributed by atoms with E-state index < -0.39 is 0 Å². The Bertz CT molecular complexity index is 798. The van der Waals surface area contributed by atoms with Crippen LogP contribution in [0, 0.1) is 0 Å². The molecule has 0 spiro atoms. The molecule has 1 unspecified atom stereocenters. The van der Waals surface area contributed by atoms with Crippen molar-refractivity contribution in [1.29, 1.82) is 0 Å². The molecule has 1 aliphatic heterocycles. The molecule has 0 aliphatic carbocycles. The van der Waals surface area contributed by atoms with Gasteiger partial charge in [0.1, 0.15) is 0 Å². The van der Waals surface area contributed by atoms with Gasteiger partial charge in [-0.25, -0.2) is 14.6 Å². The van der Waals surface area contributed by atoms with Crippen molar-refractivity contribution in [1.82, 2.24) is 19.7 Å². The summed E-state index contributed by atoms with van der Waals surface area (Å²) in [5, 5.41) is 4.62. The van der Waals surface area contributed by atoms with E-state index in [0.29, 0.717) is 16.7 Å². The number of ether oxygens (including phenoxy) is 1. The number of hydrogen-bond acceptors (Lipinski definition) is 4. The van der Waals surface area contributed by atoms with E-state index in [2.05, 4.69) is 15.1 Å². The van der Waals surface area contributed by atoms with Gasteiger partial charge in [0.15, 0.2) is 17.1 Å². The highest BCUT2D eigenvalue weighted by atomic mass is 35.5. The summed E-state index contributed by atoms with van der Waals surface area (Å²) < 4.78 is 7.46. The van der Waals surface area contributed by atoms with Gasteiger partial charge < -0.3 is 4.74 Å². The smallest absolute Gasteiger partial charge is 0.244 e. The van der Waals surface area contributed by atoms with Gasteiger partial charge >= 0.3 is 0 Å². The molecular weight excluding hydrogens is 264 g/mol. The molecule has 4 rings (SSSR count). The third-order valence-corrected chi connectivity index (χ3v) is 3.30. The van der Waals surface area contributed by atoms with Gasteiger partial charge in [0.25, 0.3) is 0 Å². The van der Waals surface area contributed by atoms with Crippen LogP contribution in [0.15, 0.2) is 30.3 Å². The lowest BCUT2D eigenvalue weighted by Crippen LogP contribution is -2.20. The summed E-state index contributed by atoms with van der Waals surface area (Å²) in [6.07, 6.45) is -0.245. The molecule has 94 valence electrons. The van der Waals surface area contributed by atoms with Gasteiger partial charge in [-0.15, -0.1) is 0 Å². The molecule has 19 heavy (non-hydrogen) atoms. The third kappa shape index (κ3) is 1.51. The summed E-state index contributed by atoms with van der Waals surface area (Å²) in [6.45, 7) is 1.90. The summed E-state index contributed by atoms with van der Waals surface area (Å²) in [6, 6.07) is 9.47. The van der Waals surface area contributed by atoms with Crippen molar-refractivity contribution in [3.63, 3.8) is 0 Å². The van der Waals surface area contributed by atoms with Gasteiger partial charge in [0.05, 0.1) is 16.7 Å². The highest BCUT2D eigenvalue weighted by Crippen LogP contribution is 2.37. The molecule has 3 heterocycles. The van der Waals surface area contributed by atoms with Crippen LogP contribution < -0.4 is 4.74 Å². The first-order chi connectivity index (χ1) is 9.22. The van der Waals surface area contributed by atoms with E-state index in [-0.39, 0.29) is 6.23 Å². The van der Waals surface area contributed by atoms with Gasteiger partial charge in [-0.2, -0.15) is 5.10 Å². The molecule has 0 N–H and O–H groups in total. The number of benzene rings is 1. The lowest BCUT2D eigenvalue weighted by atomic mass is 10.2. The molecule has 0 amide bonds. The van der Waals surface area contributed by atoms with Gasteiger partial charge in [-0.05, 0) is 19.1 Å². The lowest BCUT2D eigenvalue weighted by Gasteiger charge is -2.23. The van der Waals surface area contributed by atoms with Crippen LogP contribution in [0.2, 0.25) is 5.15 Å². The molecule has 0 saturated carbocycles. The molecule has 5 nitrogen and oxygen atoms in total. The van der Waals surface area contributed by atoms with Gasteiger partial charge in [-0.1, -0.05) is 23.7 Å². The molecule has 0 fully saturated rings. The Morgan fingerprint density at radius 2 is 1.95 bits per heavy atom. The highest BCUT2D eigenvalue weighted by molar-refractivity contribution is 6.29. The Balaban J connectivity index is 2.05. The van der Waals surface area contributed by atoms with E-state index in [1.165, 1.54) is 0 Å². The molecule has 0 radical (unpaired) electrons. The average Bonchev–Trinajstić information content (AvgIpc) is 2.80. The summed E-state index contributed by atoms with van der Waals surface area (Å²) in [5.74, 6) is 0.523. The van der Waals surface area contributed by atoms with E-state index in [4.69, 9.17) is 16.3 Å². The first-order valence-corrected chi connectivity index (χ1v) is 6.29. The Morgan fingerprint density at radius 1 is 1.21 bits per heavy atom. The predicted molar refractivity (Wildman–Crippen MR) is 71.1 cm³/mol. The lowest BCUT2D eigenvalue weighted by molar-refractivity contribution is 0.125. The molecule has 1 aliphatic rings. The maximum absolute atomic E-state index is 5.97. The number of para-hydroxylation sites is 2. The first-order valence-electron chi connectivity index (χ1n) is 5.91. The van der Waals surface area contributed by atoms with Crippen LogP contribution in [-0.2, 0) is 0 Å². The van der Waals surface area contributed by atoms with Crippen LogP contribution in [0.3, 0.4) is 0 Å². The molecule has 6 heteroatoms. The Morgan fingerprint density at radius 3 is 2.74 bits per heavy atom. The second kappa shape index (κ2) is 3.68. The molecule has 3 aromatic rings. The largest absolute Gasteiger partial charge is 0.450 e. The fraction of sp³-hybridized carbons (Fsp3) is 0.154. The maximum Gasteiger partial charge on any atom is 0.244 e. The van der Waals surface area contributed by atoms with E-state index in [1.54, 1.807) is 10.7 Å². The van der Waals surface area contributed by atoms with Crippen molar-refractivity contribution in [2.24, 2.45) is 0 Å². The fourth-order valence-electron chi connectivity index (χ4n) is 2.26. The molecular formula is C13H9ClN4O. The minimum absolute atomic E-state index is 0.245. The van der Waals surface area contributed by atoms with E-state index in [0.717, 1.165) is 16.7 Å². The Hall–Kier alpha value is -2.14. The fourth-order valence-corrected chi connectivity index (χ4v) is 2.45. The quantitative estimate of drug-likeness (QED) is 0.631. The standard InChI is InChI=1S/C13H9ClN4O/c1-7-18-10(6-11(14)17-18)12-13(19-7)16-9-5-3-2-4-8(9)15-12/h2-7H,1H3. The predicted octanol–water partition coefficient (Wildman–Crippen LogP) is 3.06. The summed E-state index contributed by atoms with van der Waals surface area (Å²) >= 11 is 5.97. The SMILES string of the molecule is CC1Oc2nc3ccccc3nc2-c2cc(Cl)nn21. The average molecular weight is 273 g/mol. The second-order valence-electron chi connectivity index (χ2n) is 4.38. The van der Waals surface area contributed by atoms with Crippen LogP contribution in [0.5, 0.6) is 5.88 Å². The van der Waals surface area contributed by atoms with Crippen molar-refractivity contribution in [3.05, 3.63) is 35.5 Å². The number of halogens is 1. The highest BCUT2D eigenvalue weighted by Gasteiger charge is 2.27. The van der Waals surface area contributed by atoms with Crippen LogP contribution in [0.1, 0.15) is 13.2 Å². The van der Waals surface area contributed by atoms with Crippen LogP contribution in [0.25, 0.3) is 22.4 Å². The topological polar surface area (TPSA) is 52.8 Å². The Labute approximate surface area is 113 Å². The van der Waals surface area contributed by atoms with E-state index in [1.807, 2.05) is 31.2 Å². The van der Waals surface area contributed by atoms with Crippen molar-refractivity contribution in [3.8, 4) is 17.3 Å². The van der Waals surface area contributed by atoms with Crippen LogP contribution in [-0.4, -0.2) is 19.7 Å². The first kappa shape index (κ1) is 10.8. The molecule has 0 bridgehead atoms. The van der Waals surface area contributed by atoms with Crippen molar-refractivity contribution in [2.45, 2.75) is 13.2 Å². The third-order valence-electron chi connectivity index (χ3n) is 3.11. The maximum atomic E-state index is 5.97. The van der Waals surface area contributed by atoms with Crippen LogP contribution >= 0.6 is 11.6 Å². The molecule has 1 aromatic carbocycles. The minimum atomic E-state index is -0.245. The molecule has 2 aromatic heterocycles. The minimum Gasteiger partial charge on any atom is -0.450 e. The van der Waals surface area contributed by atoms with Crippen molar-refractivity contribution in [2.75, 3.05) is 0 Å². The number of nitrogens with zero attached hydrogens (tertiary/aromatic N) is 4. The van der Waals surface area contributed by atoms with E-state index >= 15 is 0 Å². The van der Waals surface area contributed by atoms with Crippen molar-refractivity contribution >= 4 is 22.6 Å². The van der Waals surface area contributed by atoms with Gasteiger partial charge in [0.2, 0.25) is 5.88 Å². The Kier molecular flexibility index (Phi) is 2.08. The zero-order valence-electron chi connectivity index (χ0n) is 10.0. The normalized spacial score (nSPS) is 16.8. The summed E-state index contributed by atoms with van der Waals surface area (Å²) in [5.41, 5.74) is 3.14. The van der Waals surface area contributed by atoms with Gasteiger partial charge in [0, 0.05) is 6.07 Å². The van der Waals surface area contributed by atoms with Crippen molar-refractivity contribution < 1.29 is 4.74 Å². The monoisotopic (exact) mass is 272 g/mol. The molecule has 0 saturated heterocycles. The number of hydrogen-bond donors (Lipinski definition) is 0. The number of aromatic nitrogens is 4. The number of fused-ring (bicyclic) bond motifs is 4. The van der Waals surface area contributed by atoms with Gasteiger partial charge in [-0.3, -0.25) is 0 Å². The van der Waals surface area contributed by atoms with Crippen LogP contribution in [0.4, 0.5) is 0 Å².